The molecule has 4 heterocycles. The van der Waals surface area contributed by atoms with Gasteiger partial charge >= 0.3 is 6.09 Å². The molecule has 1 N–H and O–H groups in total. The van der Waals surface area contributed by atoms with Gasteiger partial charge in [-0.3, -0.25) is 9.80 Å². The van der Waals surface area contributed by atoms with Crippen molar-refractivity contribution in [1.82, 2.24) is 20.0 Å². The molecule has 4 aliphatic heterocycles. The van der Waals surface area contributed by atoms with E-state index in [9.17, 15) is 4.79 Å². The van der Waals surface area contributed by atoms with E-state index in [-0.39, 0.29) is 43.9 Å². The Hall–Kier alpha value is -0.270. The molecule has 4 aliphatic rings. The van der Waals surface area contributed by atoms with Gasteiger partial charge in [0.25, 0.3) is 0 Å². The summed E-state index contributed by atoms with van der Waals surface area (Å²) in [6.45, 7) is 19.5. The van der Waals surface area contributed by atoms with Crippen LogP contribution in [0.5, 0.6) is 0 Å². The topological polar surface area (TPSA) is 48.1 Å². The number of nitrogens with zero attached hydrogens (tertiary/aromatic N) is 3. The van der Waals surface area contributed by atoms with E-state index in [2.05, 4.69) is 29.0 Å². The van der Waals surface area contributed by atoms with Crippen LogP contribution in [0.1, 0.15) is 93.4 Å². The zero-order valence-electron chi connectivity index (χ0n) is 21.8. The van der Waals surface area contributed by atoms with Gasteiger partial charge in [-0.25, -0.2) is 4.79 Å². The zero-order chi connectivity index (χ0) is 22.5. The molecule has 1 amide bonds. The Balaban J connectivity index is 0.000000635. The van der Waals surface area contributed by atoms with Crippen molar-refractivity contribution in [2.75, 3.05) is 52.4 Å². The molecule has 6 nitrogen and oxygen atoms in total. The van der Waals surface area contributed by atoms with Gasteiger partial charge < -0.3 is 15.0 Å². The summed E-state index contributed by atoms with van der Waals surface area (Å²) in [7, 11) is 0. The van der Waals surface area contributed by atoms with Crippen molar-refractivity contribution in [2.24, 2.45) is 0 Å². The summed E-state index contributed by atoms with van der Waals surface area (Å²) in [5, 5.41) is 3.47. The second kappa shape index (κ2) is 14.5. The monoisotopic (exact) mass is 524 g/mol. The molecule has 0 bridgehead atoms. The highest BCUT2D eigenvalue weighted by atomic mass is 35.5. The quantitative estimate of drug-likeness (QED) is 0.511. The second-order valence-electron chi connectivity index (χ2n) is 11.7. The van der Waals surface area contributed by atoms with Crippen LogP contribution in [0, 0.1) is 0 Å². The highest BCUT2D eigenvalue weighted by Gasteiger charge is 2.42. The van der Waals surface area contributed by atoms with Crippen LogP contribution >= 0.6 is 24.8 Å². The van der Waals surface area contributed by atoms with Crippen molar-refractivity contribution in [3.8, 4) is 0 Å². The maximum Gasteiger partial charge on any atom is 0.410 e. The minimum Gasteiger partial charge on any atom is -0.444 e. The summed E-state index contributed by atoms with van der Waals surface area (Å²) >= 11 is 0. The van der Waals surface area contributed by atoms with Crippen LogP contribution in [0.4, 0.5) is 4.79 Å². The highest BCUT2D eigenvalue weighted by Crippen LogP contribution is 2.31. The van der Waals surface area contributed by atoms with Crippen LogP contribution in [0.25, 0.3) is 0 Å². The third kappa shape index (κ3) is 9.31. The Kier molecular flexibility index (Phi) is 14.3. The van der Waals surface area contributed by atoms with Crippen molar-refractivity contribution in [3.63, 3.8) is 0 Å². The Bertz CT molecular complexity index is 584. The van der Waals surface area contributed by atoms with Gasteiger partial charge in [-0.05, 0) is 106 Å². The number of ether oxygens (including phenoxy) is 1. The van der Waals surface area contributed by atoms with Gasteiger partial charge in [0.1, 0.15) is 5.60 Å². The number of hydrogen-bond acceptors (Lipinski definition) is 5. The third-order valence-electron chi connectivity index (χ3n) is 7.69. The normalized spacial score (nSPS) is 30.2. The van der Waals surface area contributed by atoms with Gasteiger partial charge in [0, 0.05) is 30.7 Å². The predicted molar refractivity (Wildman–Crippen MR) is 149 cm³/mol. The van der Waals surface area contributed by atoms with E-state index in [1.807, 2.05) is 25.7 Å². The molecule has 0 aromatic heterocycles. The van der Waals surface area contributed by atoms with Gasteiger partial charge in [-0.15, -0.1) is 24.8 Å². The lowest BCUT2D eigenvalue weighted by Crippen LogP contribution is -2.51. The number of likely N-dealkylation sites (tertiary alicyclic amines) is 3. The van der Waals surface area contributed by atoms with Crippen LogP contribution in [0.3, 0.4) is 0 Å². The van der Waals surface area contributed by atoms with Crippen molar-refractivity contribution >= 4 is 30.9 Å². The summed E-state index contributed by atoms with van der Waals surface area (Å²) in [6, 6.07) is 0. The first-order chi connectivity index (χ1) is 14.6. The van der Waals surface area contributed by atoms with E-state index in [4.69, 9.17) is 4.74 Å². The van der Waals surface area contributed by atoms with E-state index in [1.165, 1.54) is 84.2 Å². The minimum absolute atomic E-state index is 0. The molecule has 34 heavy (non-hydrogen) atoms. The lowest BCUT2D eigenvalue weighted by atomic mass is 9.95. The molecular formula is C26H54Cl2N4O2. The second-order valence-corrected chi connectivity index (χ2v) is 11.7. The molecule has 204 valence electrons. The average molecular weight is 526 g/mol. The molecule has 0 aliphatic carbocycles. The molecule has 0 spiro atoms. The zero-order valence-corrected chi connectivity index (χ0v) is 23.4. The van der Waals surface area contributed by atoms with E-state index in [0.29, 0.717) is 5.54 Å². The lowest BCUT2D eigenvalue weighted by molar-refractivity contribution is 0.0235. The molecular weight excluding hydrogens is 471 g/mol. The fraction of sp³-hybridized carbons (Fsp3) is 0.962. The SMILES string of the molecule is C.CC(C)(C)OC(=O)N1CCC(C)(N2CCCCC2)C1.CC1(N2CCCCC2)CCNC1.Cl.Cl. The molecule has 8 heteroatoms. The average Bonchev–Trinajstić information content (AvgIpc) is 3.37. The van der Waals surface area contributed by atoms with E-state index in [0.717, 1.165) is 19.5 Å². The van der Waals surface area contributed by atoms with Crippen LogP contribution in [0.2, 0.25) is 0 Å². The first-order valence-electron chi connectivity index (χ1n) is 12.8. The van der Waals surface area contributed by atoms with E-state index in [1.54, 1.807) is 0 Å². The summed E-state index contributed by atoms with van der Waals surface area (Å²) in [6.07, 6.45) is 10.4. The fourth-order valence-electron chi connectivity index (χ4n) is 5.63. The van der Waals surface area contributed by atoms with Gasteiger partial charge in [0.15, 0.2) is 0 Å². The Labute approximate surface area is 222 Å². The Morgan fingerprint density at radius 2 is 1.29 bits per heavy atom. The number of carbonyl (C=O) groups excluding carboxylic acids is 1. The molecule has 2 unspecified atom stereocenters. The molecule has 0 aromatic rings. The van der Waals surface area contributed by atoms with Gasteiger partial charge in [0.2, 0.25) is 0 Å². The van der Waals surface area contributed by atoms with Crippen LogP contribution in [-0.4, -0.2) is 89.8 Å². The summed E-state index contributed by atoms with van der Waals surface area (Å²) < 4.78 is 5.47. The van der Waals surface area contributed by atoms with Crippen LogP contribution < -0.4 is 5.32 Å². The number of carbonyl (C=O) groups is 1. The van der Waals surface area contributed by atoms with Gasteiger partial charge in [0.05, 0.1) is 0 Å². The first kappa shape index (κ1) is 33.7. The van der Waals surface area contributed by atoms with Gasteiger partial charge in [-0.2, -0.15) is 0 Å². The van der Waals surface area contributed by atoms with Crippen LogP contribution in [0.15, 0.2) is 0 Å². The number of amides is 1. The predicted octanol–water partition coefficient (Wildman–Crippen LogP) is 5.58. The fourth-order valence-corrected chi connectivity index (χ4v) is 5.63. The number of hydrogen-bond donors (Lipinski definition) is 1. The molecule has 2 atom stereocenters. The van der Waals surface area contributed by atoms with E-state index < -0.39 is 5.60 Å². The number of rotatable bonds is 2. The number of nitrogens with one attached hydrogen (secondary N) is 1. The summed E-state index contributed by atoms with van der Waals surface area (Å²) in [5.41, 5.74) is 0.235. The maximum atomic E-state index is 12.1. The van der Waals surface area contributed by atoms with E-state index >= 15 is 0 Å². The Morgan fingerprint density at radius 1 is 0.794 bits per heavy atom. The third-order valence-corrected chi connectivity index (χ3v) is 7.69. The highest BCUT2D eigenvalue weighted by molar-refractivity contribution is 5.85. The summed E-state index contributed by atoms with van der Waals surface area (Å²) in [5.74, 6) is 0. The molecule has 0 saturated carbocycles. The van der Waals surface area contributed by atoms with Crippen molar-refractivity contribution < 1.29 is 9.53 Å². The molecule has 4 saturated heterocycles. The minimum atomic E-state index is -0.402. The van der Waals surface area contributed by atoms with Crippen LogP contribution in [-0.2, 0) is 4.74 Å². The Morgan fingerprint density at radius 3 is 1.74 bits per heavy atom. The smallest absolute Gasteiger partial charge is 0.410 e. The van der Waals surface area contributed by atoms with Crippen molar-refractivity contribution in [1.29, 1.82) is 0 Å². The number of piperidine rings is 2. The van der Waals surface area contributed by atoms with Crippen molar-refractivity contribution in [3.05, 3.63) is 0 Å². The number of halogens is 2. The molecule has 0 radical (unpaired) electrons. The standard InChI is InChI=1S/C15H28N2O2.C10H20N2.CH4.2ClH/c1-14(2,3)19-13(18)16-11-8-15(4,12-16)17-9-6-5-7-10-17;1-10(5-6-11-9-10)12-7-3-2-4-8-12;;;/h5-12H2,1-4H3;11H,2-9H2,1H3;1H4;2*1H. The maximum absolute atomic E-state index is 12.1. The largest absolute Gasteiger partial charge is 0.444 e. The van der Waals surface area contributed by atoms with Gasteiger partial charge in [-0.1, -0.05) is 20.3 Å². The first-order valence-corrected chi connectivity index (χ1v) is 12.8. The molecule has 0 aromatic carbocycles. The summed E-state index contributed by atoms with van der Waals surface area (Å²) in [4.78, 5) is 19.3. The lowest BCUT2D eigenvalue weighted by Gasteiger charge is -2.40. The molecule has 4 rings (SSSR count). The molecule has 4 fully saturated rings. The van der Waals surface area contributed by atoms with Crippen molar-refractivity contribution in [2.45, 2.75) is 110 Å².